The van der Waals surface area contributed by atoms with Gasteiger partial charge in [0.25, 0.3) is 0 Å². The molecule has 6 heteroatoms. The minimum Gasteiger partial charge on any atom is -0.314 e. The summed E-state index contributed by atoms with van der Waals surface area (Å²) in [6, 6.07) is 5.99. The molecule has 1 aromatic carbocycles. The number of hydrogen-bond acceptors (Lipinski definition) is 3. The molecule has 0 radical (unpaired) electrons. The number of nitrogens with zero attached hydrogens (tertiary/aromatic N) is 3. The Morgan fingerprint density at radius 3 is 3.15 bits per heavy atom. The molecule has 3 rings (SSSR count). The van der Waals surface area contributed by atoms with Gasteiger partial charge in [-0.2, -0.15) is 0 Å². The van der Waals surface area contributed by atoms with Crippen LogP contribution in [-0.2, 0) is 19.5 Å². The Hall–Kier alpha value is -0.910. The fourth-order valence-electron chi connectivity index (χ4n) is 2.53. The normalized spacial score (nSPS) is 15.3. The van der Waals surface area contributed by atoms with E-state index < -0.39 is 0 Å². The van der Waals surface area contributed by atoms with Crippen LogP contribution in [0.1, 0.15) is 36.6 Å². The largest absolute Gasteiger partial charge is 0.314 e. The molecule has 0 aliphatic carbocycles. The van der Waals surface area contributed by atoms with Crippen LogP contribution in [0.2, 0.25) is 5.02 Å². The van der Waals surface area contributed by atoms with Crippen molar-refractivity contribution in [3.05, 3.63) is 44.9 Å². The van der Waals surface area contributed by atoms with Crippen molar-refractivity contribution in [1.29, 1.82) is 0 Å². The second-order valence-corrected chi connectivity index (χ2v) is 6.36. The van der Waals surface area contributed by atoms with Gasteiger partial charge in [-0.3, -0.25) is 0 Å². The Morgan fingerprint density at radius 2 is 2.30 bits per heavy atom. The minimum atomic E-state index is 0.167. The molecular weight excluding hydrogens is 340 g/mol. The van der Waals surface area contributed by atoms with Gasteiger partial charge in [0.1, 0.15) is 11.6 Å². The van der Waals surface area contributed by atoms with Gasteiger partial charge >= 0.3 is 0 Å². The van der Waals surface area contributed by atoms with Gasteiger partial charge in [0.05, 0.1) is 6.04 Å². The average Bonchev–Trinajstić information content (AvgIpc) is 3.02. The summed E-state index contributed by atoms with van der Waals surface area (Å²) in [5, 5.41) is 12.8. The van der Waals surface area contributed by atoms with Gasteiger partial charge in [0, 0.05) is 29.0 Å². The van der Waals surface area contributed by atoms with Crippen molar-refractivity contribution in [3.63, 3.8) is 0 Å². The Morgan fingerprint density at radius 1 is 1.45 bits per heavy atom. The van der Waals surface area contributed by atoms with Gasteiger partial charge in [-0.15, -0.1) is 10.2 Å². The van der Waals surface area contributed by atoms with E-state index in [9.17, 15) is 0 Å². The van der Waals surface area contributed by atoms with E-state index in [0.29, 0.717) is 0 Å². The standard InChI is InChI=1S/C14H16BrClN4/c1-9(14-19-18-13-3-2-6-20(13)14)17-8-10-7-11(16)4-5-12(10)15/h4-5,7,9,17H,2-3,6,8H2,1H3. The number of hydrogen-bond donors (Lipinski definition) is 1. The van der Waals surface area contributed by atoms with Gasteiger partial charge in [0.15, 0.2) is 0 Å². The maximum atomic E-state index is 6.03. The Balaban J connectivity index is 1.70. The number of fused-ring (bicyclic) bond motifs is 1. The predicted octanol–water partition coefficient (Wildman–Crippen LogP) is 3.49. The third-order valence-corrected chi connectivity index (χ3v) is 4.64. The van der Waals surface area contributed by atoms with E-state index in [1.807, 2.05) is 18.2 Å². The number of benzene rings is 1. The molecule has 0 fully saturated rings. The highest BCUT2D eigenvalue weighted by molar-refractivity contribution is 9.10. The van der Waals surface area contributed by atoms with E-state index in [4.69, 9.17) is 11.6 Å². The summed E-state index contributed by atoms with van der Waals surface area (Å²) >= 11 is 9.58. The highest BCUT2D eigenvalue weighted by Crippen LogP contribution is 2.23. The maximum Gasteiger partial charge on any atom is 0.149 e. The lowest BCUT2D eigenvalue weighted by Gasteiger charge is -2.14. The van der Waals surface area contributed by atoms with Crippen LogP contribution in [0.25, 0.3) is 0 Å². The zero-order chi connectivity index (χ0) is 14.1. The first-order valence-electron chi connectivity index (χ1n) is 6.74. The maximum absolute atomic E-state index is 6.03. The fourth-order valence-corrected chi connectivity index (χ4v) is 3.11. The molecule has 2 heterocycles. The van der Waals surface area contributed by atoms with E-state index in [2.05, 4.69) is 42.9 Å². The fraction of sp³-hybridized carbons (Fsp3) is 0.429. The van der Waals surface area contributed by atoms with Crippen LogP contribution in [-0.4, -0.2) is 14.8 Å². The van der Waals surface area contributed by atoms with E-state index >= 15 is 0 Å². The molecule has 4 nitrogen and oxygen atoms in total. The van der Waals surface area contributed by atoms with E-state index in [-0.39, 0.29) is 6.04 Å². The number of aromatic nitrogens is 3. The molecule has 1 aliphatic heterocycles. The molecule has 0 amide bonds. The summed E-state index contributed by atoms with van der Waals surface area (Å²) in [6.07, 6.45) is 2.21. The van der Waals surface area contributed by atoms with Crippen LogP contribution in [0.5, 0.6) is 0 Å². The quantitative estimate of drug-likeness (QED) is 0.913. The smallest absolute Gasteiger partial charge is 0.149 e. The van der Waals surface area contributed by atoms with Gasteiger partial charge in [-0.05, 0) is 37.1 Å². The third-order valence-electron chi connectivity index (χ3n) is 3.63. The Kier molecular flexibility index (Phi) is 4.10. The monoisotopic (exact) mass is 354 g/mol. The first-order chi connectivity index (χ1) is 9.65. The Labute approximate surface area is 131 Å². The first kappa shape index (κ1) is 14.0. The number of halogens is 2. The lowest BCUT2D eigenvalue weighted by Crippen LogP contribution is -2.21. The van der Waals surface area contributed by atoms with Crippen LogP contribution in [0.4, 0.5) is 0 Å². The van der Waals surface area contributed by atoms with E-state index in [1.54, 1.807) is 0 Å². The minimum absolute atomic E-state index is 0.167. The van der Waals surface area contributed by atoms with Gasteiger partial charge in [0.2, 0.25) is 0 Å². The topological polar surface area (TPSA) is 42.7 Å². The summed E-state index contributed by atoms with van der Waals surface area (Å²) in [5.41, 5.74) is 1.14. The third kappa shape index (κ3) is 2.75. The van der Waals surface area contributed by atoms with Crippen molar-refractivity contribution in [3.8, 4) is 0 Å². The summed E-state index contributed by atoms with van der Waals surface area (Å²) in [6.45, 7) is 3.89. The van der Waals surface area contributed by atoms with E-state index in [1.165, 1.54) is 6.42 Å². The highest BCUT2D eigenvalue weighted by atomic mass is 79.9. The molecule has 1 aromatic heterocycles. The van der Waals surface area contributed by atoms with Crippen molar-refractivity contribution in [2.45, 2.75) is 38.9 Å². The van der Waals surface area contributed by atoms with Crippen LogP contribution >= 0.6 is 27.5 Å². The molecule has 0 saturated carbocycles. The molecule has 2 aromatic rings. The second-order valence-electron chi connectivity index (χ2n) is 5.07. The molecule has 0 spiro atoms. The number of rotatable bonds is 4. The summed E-state index contributed by atoms with van der Waals surface area (Å²) in [7, 11) is 0. The molecule has 0 saturated heterocycles. The molecule has 1 aliphatic rings. The molecule has 1 N–H and O–H groups in total. The summed E-state index contributed by atoms with van der Waals surface area (Å²) < 4.78 is 3.29. The lowest BCUT2D eigenvalue weighted by atomic mass is 10.2. The van der Waals surface area contributed by atoms with Gasteiger partial charge in [-0.25, -0.2) is 0 Å². The molecule has 106 valence electrons. The van der Waals surface area contributed by atoms with Crippen LogP contribution in [0, 0.1) is 0 Å². The first-order valence-corrected chi connectivity index (χ1v) is 7.91. The number of nitrogens with one attached hydrogen (secondary N) is 1. The molecule has 1 atom stereocenters. The average molecular weight is 356 g/mol. The van der Waals surface area contributed by atoms with Gasteiger partial charge in [-0.1, -0.05) is 27.5 Å². The van der Waals surface area contributed by atoms with Crippen molar-refractivity contribution < 1.29 is 0 Å². The number of aryl methyl sites for hydroxylation is 1. The lowest BCUT2D eigenvalue weighted by molar-refractivity contribution is 0.515. The van der Waals surface area contributed by atoms with Crippen molar-refractivity contribution >= 4 is 27.5 Å². The van der Waals surface area contributed by atoms with Gasteiger partial charge < -0.3 is 9.88 Å². The van der Waals surface area contributed by atoms with Crippen molar-refractivity contribution in [1.82, 2.24) is 20.1 Å². The van der Waals surface area contributed by atoms with E-state index in [0.717, 1.165) is 46.2 Å². The Bertz CT molecular complexity index is 626. The summed E-state index contributed by atoms with van der Waals surface area (Å²) in [4.78, 5) is 0. The molecule has 1 unspecified atom stereocenters. The SMILES string of the molecule is CC(NCc1cc(Cl)ccc1Br)c1nnc2n1CCC2. The van der Waals surface area contributed by atoms with Crippen LogP contribution < -0.4 is 5.32 Å². The second kappa shape index (κ2) is 5.84. The van der Waals surface area contributed by atoms with Crippen molar-refractivity contribution in [2.24, 2.45) is 0 Å². The highest BCUT2D eigenvalue weighted by Gasteiger charge is 2.21. The van der Waals surface area contributed by atoms with Crippen molar-refractivity contribution in [2.75, 3.05) is 0 Å². The molecule has 0 bridgehead atoms. The van der Waals surface area contributed by atoms with Crippen LogP contribution in [0.15, 0.2) is 22.7 Å². The zero-order valence-corrected chi connectivity index (χ0v) is 13.6. The summed E-state index contributed by atoms with van der Waals surface area (Å²) in [5.74, 6) is 2.13. The zero-order valence-electron chi connectivity index (χ0n) is 11.2. The van der Waals surface area contributed by atoms with Crippen LogP contribution in [0.3, 0.4) is 0 Å². The molecular formula is C14H16BrClN4. The molecule has 20 heavy (non-hydrogen) atoms. The predicted molar refractivity (Wildman–Crippen MR) is 82.7 cm³/mol.